The molecule has 0 bridgehead atoms. The Kier molecular flexibility index (Phi) is 13.7. The standard InChI is InChI=1S/C52H51N3O7S/c56-45(39-17-14-35(15-18-39)30-53-31-47(58)43-19-22-46(57)50-44(43)20-23-49(59)54-50)21-16-38-28-48(63-34-38)40-10-7-13-42(29-40)52(61,41-11-5-2-6-12-41)51(60)62-33-37-24-26-55(27-25-37)32-36-8-3-1-4-9-36/h1-15,17-20,22-23,28-29,34,37,47,53,57-58,61H,16,21,24-27,30-33H2,(H,54,59)/t47-,52-/m0/s1. The number of nitrogens with one attached hydrogen (secondary N) is 2. The molecule has 0 amide bonds. The van der Waals surface area contributed by atoms with Crippen molar-refractivity contribution in [2.45, 2.75) is 50.5 Å². The molecule has 1 saturated heterocycles. The molecule has 5 N–H and O–H groups in total. The Bertz CT molecular complexity index is 2710. The molecule has 10 nitrogen and oxygen atoms in total. The zero-order valence-corrected chi connectivity index (χ0v) is 35.7. The van der Waals surface area contributed by atoms with E-state index in [2.05, 4.69) is 45.5 Å². The molecule has 2 aromatic heterocycles. The number of fused-ring (bicyclic) bond motifs is 1. The number of likely N-dealkylation sites (tertiary alicyclic amines) is 1. The molecule has 2 atom stereocenters. The number of Topliss-reactive ketones (excluding diaryl/α,β-unsaturated/α-hetero) is 1. The number of aromatic hydroxyl groups is 1. The smallest absolute Gasteiger partial charge is 0.347 e. The van der Waals surface area contributed by atoms with E-state index in [-0.39, 0.29) is 41.7 Å². The van der Waals surface area contributed by atoms with Crippen molar-refractivity contribution in [1.82, 2.24) is 15.2 Å². The van der Waals surface area contributed by atoms with Gasteiger partial charge in [0.2, 0.25) is 11.2 Å². The predicted octanol–water partition coefficient (Wildman–Crippen LogP) is 8.29. The molecule has 5 aromatic carbocycles. The number of ketones is 1. The van der Waals surface area contributed by atoms with Gasteiger partial charge in [-0.2, -0.15) is 0 Å². The zero-order valence-electron chi connectivity index (χ0n) is 34.9. The Hall–Kier alpha value is -6.21. The highest BCUT2D eigenvalue weighted by molar-refractivity contribution is 7.13. The van der Waals surface area contributed by atoms with Crippen LogP contribution in [0.5, 0.6) is 5.75 Å². The van der Waals surface area contributed by atoms with Gasteiger partial charge in [0.25, 0.3) is 0 Å². The molecule has 63 heavy (non-hydrogen) atoms. The summed E-state index contributed by atoms with van der Waals surface area (Å²) in [5, 5.41) is 39.2. The van der Waals surface area contributed by atoms with Crippen molar-refractivity contribution in [3.8, 4) is 16.2 Å². The zero-order chi connectivity index (χ0) is 43.8. The third kappa shape index (κ3) is 10.4. The Morgan fingerprint density at radius 3 is 2.32 bits per heavy atom. The van der Waals surface area contributed by atoms with Crippen molar-refractivity contribution in [2.24, 2.45) is 5.92 Å². The van der Waals surface area contributed by atoms with Gasteiger partial charge in [-0.15, -0.1) is 11.3 Å². The summed E-state index contributed by atoms with van der Waals surface area (Å²) in [4.78, 5) is 45.0. The summed E-state index contributed by atoms with van der Waals surface area (Å²) in [5.74, 6) is -0.504. The van der Waals surface area contributed by atoms with Crippen LogP contribution in [-0.4, -0.2) is 63.2 Å². The number of hydrogen-bond acceptors (Lipinski definition) is 10. The fourth-order valence-electron chi connectivity index (χ4n) is 8.31. The molecule has 322 valence electrons. The van der Waals surface area contributed by atoms with E-state index in [1.54, 1.807) is 53.8 Å². The summed E-state index contributed by atoms with van der Waals surface area (Å²) in [7, 11) is 0. The quantitative estimate of drug-likeness (QED) is 0.0450. The number of aromatic nitrogens is 1. The fraction of sp³-hybridized carbons (Fsp3) is 0.250. The second-order valence-electron chi connectivity index (χ2n) is 16.3. The number of aryl methyl sites for hydroxylation is 1. The second-order valence-corrected chi connectivity index (χ2v) is 17.2. The fourth-order valence-corrected chi connectivity index (χ4v) is 9.26. The van der Waals surface area contributed by atoms with E-state index in [9.17, 15) is 29.7 Å². The number of phenolic OH excluding ortho intramolecular Hbond substituents is 1. The minimum absolute atomic E-state index is 0.0288. The maximum atomic E-state index is 14.0. The number of carbonyl (C=O) groups excluding carboxylic acids is 2. The highest BCUT2D eigenvalue weighted by Crippen LogP contribution is 2.36. The monoisotopic (exact) mass is 861 g/mol. The number of pyridine rings is 1. The van der Waals surface area contributed by atoms with Crippen LogP contribution in [0.2, 0.25) is 0 Å². The SMILES string of the molecule is O=C(CCc1csc(-c2cccc([C@](O)(C(=O)OCC3CCN(Cc4ccccc4)CC3)c3ccccc3)c2)c1)c1ccc(CNC[C@H](O)c2ccc(O)c3[nH]c(=O)ccc23)cc1. The molecule has 1 aliphatic rings. The molecular formula is C52H51N3O7S. The van der Waals surface area contributed by atoms with Crippen LogP contribution in [0, 0.1) is 5.92 Å². The van der Waals surface area contributed by atoms with Crippen LogP contribution in [-0.2, 0) is 34.6 Å². The van der Waals surface area contributed by atoms with Gasteiger partial charge in [0.05, 0.1) is 18.2 Å². The van der Waals surface area contributed by atoms with Gasteiger partial charge in [-0.25, -0.2) is 4.79 Å². The van der Waals surface area contributed by atoms with Gasteiger partial charge in [-0.05, 0) is 101 Å². The van der Waals surface area contributed by atoms with E-state index >= 15 is 0 Å². The number of ether oxygens (including phenoxy) is 1. The summed E-state index contributed by atoms with van der Waals surface area (Å²) in [6.07, 6.45) is 1.84. The van der Waals surface area contributed by atoms with E-state index in [4.69, 9.17) is 4.74 Å². The Balaban J connectivity index is 0.848. The molecule has 3 heterocycles. The number of aliphatic hydroxyl groups is 2. The van der Waals surface area contributed by atoms with Gasteiger partial charge in [-0.1, -0.05) is 109 Å². The van der Waals surface area contributed by atoms with Crippen LogP contribution in [0.1, 0.15) is 69.1 Å². The molecule has 0 unspecified atom stereocenters. The van der Waals surface area contributed by atoms with E-state index in [1.807, 2.05) is 60.0 Å². The molecule has 1 fully saturated rings. The number of rotatable bonds is 17. The van der Waals surface area contributed by atoms with Gasteiger partial charge in [0.1, 0.15) is 5.75 Å². The first-order chi connectivity index (χ1) is 30.6. The predicted molar refractivity (Wildman–Crippen MR) is 247 cm³/mol. The van der Waals surface area contributed by atoms with Crippen molar-refractivity contribution in [3.63, 3.8) is 0 Å². The topological polar surface area (TPSA) is 152 Å². The number of thiophene rings is 1. The third-order valence-corrected chi connectivity index (χ3v) is 13.0. The van der Waals surface area contributed by atoms with E-state index in [1.165, 1.54) is 17.7 Å². The normalized spacial score (nSPS) is 14.9. The summed E-state index contributed by atoms with van der Waals surface area (Å²) in [5.41, 5.74) is 4.14. The first-order valence-corrected chi connectivity index (χ1v) is 22.3. The van der Waals surface area contributed by atoms with Crippen molar-refractivity contribution in [2.75, 3.05) is 26.2 Å². The maximum Gasteiger partial charge on any atom is 0.347 e. The van der Waals surface area contributed by atoms with Crippen LogP contribution in [0.25, 0.3) is 21.3 Å². The number of phenols is 1. The van der Waals surface area contributed by atoms with Crippen molar-refractivity contribution >= 4 is 34.0 Å². The lowest BCUT2D eigenvalue weighted by molar-refractivity contribution is -0.164. The Morgan fingerprint density at radius 1 is 0.825 bits per heavy atom. The van der Waals surface area contributed by atoms with Gasteiger partial charge in [-0.3, -0.25) is 14.5 Å². The largest absolute Gasteiger partial charge is 0.506 e. The summed E-state index contributed by atoms with van der Waals surface area (Å²) >= 11 is 1.55. The third-order valence-electron chi connectivity index (χ3n) is 12.0. The minimum atomic E-state index is -2.00. The van der Waals surface area contributed by atoms with Crippen molar-refractivity contribution in [3.05, 3.63) is 194 Å². The second kappa shape index (κ2) is 19.9. The number of carbonyl (C=O) groups is 2. The average molecular weight is 862 g/mol. The van der Waals surface area contributed by atoms with Crippen LogP contribution in [0.3, 0.4) is 0 Å². The van der Waals surface area contributed by atoms with Crippen molar-refractivity contribution < 1.29 is 29.6 Å². The van der Waals surface area contributed by atoms with E-state index in [0.717, 1.165) is 54.0 Å². The molecule has 0 spiro atoms. The van der Waals surface area contributed by atoms with Crippen LogP contribution in [0.4, 0.5) is 0 Å². The Labute approximate surface area is 370 Å². The maximum absolute atomic E-state index is 14.0. The number of piperidine rings is 1. The van der Waals surface area contributed by atoms with Gasteiger partial charge in [0, 0.05) is 53.5 Å². The summed E-state index contributed by atoms with van der Waals surface area (Å²) in [6, 6.07) is 42.4. The van der Waals surface area contributed by atoms with Crippen LogP contribution < -0.4 is 10.9 Å². The van der Waals surface area contributed by atoms with Gasteiger partial charge < -0.3 is 30.4 Å². The highest BCUT2D eigenvalue weighted by Gasteiger charge is 2.42. The Morgan fingerprint density at radius 2 is 1.56 bits per heavy atom. The first-order valence-electron chi connectivity index (χ1n) is 21.4. The lowest BCUT2D eigenvalue weighted by Crippen LogP contribution is -2.40. The van der Waals surface area contributed by atoms with Gasteiger partial charge >= 0.3 is 5.97 Å². The molecule has 8 rings (SSSR count). The van der Waals surface area contributed by atoms with Crippen LogP contribution in [0.15, 0.2) is 150 Å². The highest BCUT2D eigenvalue weighted by atomic mass is 32.1. The van der Waals surface area contributed by atoms with E-state index in [0.29, 0.717) is 47.0 Å². The number of aromatic amines is 1. The molecule has 0 saturated carbocycles. The number of benzene rings is 5. The average Bonchev–Trinajstić information content (AvgIpc) is 3.80. The number of hydrogen-bond donors (Lipinski definition) is 5. The number of nitrogens with zero attached hydrogens (tertiary/aromatic N) is 1. The van der Waals surface area contributed by atoms with Gasteiger partial charge in [0.15, 0.2) is 5.78 Å². The van der Waals surface area contributed by atoms with Crippen LogP contribution >= 0.6 is 11.3 Å². The molecule has 1 aliphatic heterocycles. The van der Waals surface area contributed by atoms with E-state index < -0.39 is 17.7 Å². The molecule has 7 aromatic rings. The summed E-state index contributed by atoms with van der Waals surface area (Å²) in [6.45, 7) is 3.71. The molecule has 0 aliphatic carbocycles. The van der Waals surface area contributed by atoms with Crippen molar-refractivity contribution in [1.29, 1.82) is 0 Å². The lowest BCUT2D eigenvalue weighted by atomic mass is 9.85. The molecule has 11 heteroatoms. The molecular weight excluding hydrogens is 811 g/mol. The number of H-pyrrole nitrogens is 1. The first kappa shape index (κ1) is 43.4. The molecule has 0 radical (unpaired) electrons. The number of esters is 1. The summed E-state index contributed by atoms with van der Waals surface area (Å²) < 4.78 is 5.95. The number of aliphatic hydroxyl groups excluding tert-OH is 1. The minimum Gasteiger partial charge on any atom is -0.506 e. The lowest BCUT2D eigenvalue weighted by Gasteiger charge is -2.33.